The molecule has 27 heavy (non-hydrogen) atoms. The number of hydrogen-bond donors (Lipinski definition) is 3. The molecule has 0 bridgehead atoms. The van der Waals surface area contributed by atoms with E-state index in [0.717, 1.165) is 16.3 Å². The second-order valence-electron chi connectivity index (χ2n) is 6.19. The van der Waals surface area contributed by atoms with Crippen LogP contribution in [0.1, 0.15) is 5.56 Å². The standard InChI is InChI=1S/C22H15N3O2/c23-12-18-17(15-7-8-20(26)21(27)10-15)11-19(25-22(18)24)16-6-5-13-3-1-2-4-14(13)9-16/h1-11,26-27H,(H2,24,25). The van der Waals surface area contributed by atoms with Crippen molar-refractivity contribution in [2.45, 2.75) is 0 Å². The van der Waals surface area contributed by atoms with Crippen molar-refractivity contribution in [2.24, 2.45) is 0 Å². The van der Waals surface area contributed by atoms with Crippen LogP contribution in [-0.2, 0) is 0 Å². The number of phenols is 2. The predicted octanol–water partition coefficient (Wildman–Crippen LogP) is 4.43. The summed E-state index contributed by atoms with van der Waals surface area (Å²) in [6.45, 7) is 0. The fraction of sp³-hybridized carbons (Fsp3) is 0. The molecule has 0 aliphatic carbocycles. The number of hydrogen-bond acceptors (Lipinski definition) is 5. The summed E-state index contributed by atoms with van der Waals surface area (Å²) in [5, 5.41) is 31.1. The lowest BCUT2D eigenvalue weighted by Crippen LogP contribution is -1.99. The Hall–Kier alpha value is -4.04. The fourth-order valence-corrected chi connectivity index (χ4v) is 3.10. The van der Waals surface area contributed by atoms with Crippen LogP contribution in [0.15, 0.2) is 66.7 Å². The Morgan fingerprint density at radius 1 is 0.815 bits per heavy atom. The van der Waals surface area contributed by atoms with Crippen molar-refractivity contribution in [1.82, 2.24) is 4.98 Å². The van der Waals surface area contributed by atoms with Crippen LogP contribution in [0.3, 0.4) is 0 Å². The smallest absolute Gasteiger partial charge is 0.158 e. The van der Waals surface area contributed by atoms with Crippen LogP contribution in [-0.4, -0.2) is 15.2 Å². The Kier molecular flexibility index (Phi) is 3.87. The molecule has 1 aromatic heterocycles. The molecule has 0 amide bonds. The summed E-state index contributed by atoms with van der Waals surface area (Å²) in [5.41, 5.74) is 8.88. The SMILES string of the molecule is N#Cc1c(-c2ccc(O)c(O)c2)cc(-c2ccc3ccccc3c2)nc1N. The van der Waals surface area contributed by atoms with Gasteiger partial charge in [0.15, 0.2) is 11.5 Å². The predicted molar refractivity (Wildman–Crippen MR) is 105 cm³/mol. The van der Waals surface area contributed by atoms with Gasteiger partial charge in [0.25, 0.3) is 0 Å². The van der Waals surface area contributed by atoms with Crippen molar-refractivity contribution in [3.63, 3.8) is 0 Å². The maximum Gasteiger partial charge on any atom is 0.158 e. The Labute approximate surface area is 155 Å². The second-order valence-corrected chi connectivity index (χ2v) is 6.19. The molecule has 0 fully saturated rings. The van der Waals surface area contributed by atoms with E-state index < -0.39 is 0 Å². The van der Waals surface area contributed by atoms with E-state index in [9.17, 15) is 15.5 Å². The first-order chi connectivity index (χ1) is 13.1. The minimum absolute atomic E-state index is 0.116. The molecule has 1 heterocycles. The number of aromatic nitrogens is 1. The van der Waals surface area contributed by atoms with Gasteiger partial charge in [-0.1, -0.05) is 42.5 Å². The topological polar surface area (TPSA) is 103 Å². The molecule has 3 aromatic carbocycles. The Bertz CT molecular complexity index is 1230. The highest BCUT2D eigenvalue weighted by atomic mass is 16.3. The van der Waals surface area contributed by atoms with Crippen molar-refractivity contribution in [3.8, 4) is 40.0 Å². The number of phenolic OH excluding ortho intramolecular Hbond substituents is 2. The highest BCUT2D eigenvalue weighted by Crippen LogP contribution is 2.36. The van der Waals surface area contributed by atoms with E-state index in [1.54, 1.807) is 12.1 Å². The van der Waals surface area contributed by atoms with E-state index in [0.29, 0.717) is 16.8 Å². The molecule has 0 spiro atoms. The molecule has 0 atom stereocenters. The van der Waals surface area contributed by atoms with Crippen molar-refractivity contribution >= 4 is 16.6 Å². The number of nitrogen functional groups attached to an aromatic ring is 1. The fourth-order valence-electron chi connectivity index (χ4n) is 3.10. The lowest BCUT2D eigenvalue weighted by molar-refractivity contribution is 0.404. The van der Waals surface area contributed by atoms with E-state index in [4.69, 9.17) is 5.73 Å². The third-order valence-corrected chi connectivity index (χ3v) is 4.49. The Morgan fingerprint density at radius 3 is 2.30 bits per heavy atom. The molecule has 0 saturated heterocycles. The number of nitrogens with zero attached hydrogens (tertiary/aromatic N) is 2. The number of benzene rings is 3. The van der Waals surface area contributed by atoms with Gasteiger partial charge in [-0.05, 0) is 40.6 Å². The number of aromatic hydroxyl groups is 2. The summed E-state index contributed by atoms with van der Waals surface area (Å²) < 4.78 is 0. The molecule has 4 rings (SSSR count). The largest absolute Gasteiger partial charge is 0.504 e. The van der Waals surface area contributed by atoms with E-state index in [1.807, 2.05) is 42.5 Å². The number of anilines is 1. The number of rotatable bonds is 2. The van der Waals surface area contributed by atoms with Crippen molar-refractivity contribution in [1.29, 1.82) is 5.26 Å². The van der Waals surface area contributed by atoms with Gasteiger partial charge < -0.3 is 15.9 Å². The van der Waals surface area contributed by atoms with Crippen molar-refractivity contribution in [3.05, 3.63) is 72.3 Å². The second kappa shape index (κ2) is 6.36. The van der Waals surface area contributed by atoms with Crippen LogP contribution in [0.25, 0.3) is 33.2 Å². The van der Waals surface area contributed by atoms with E-state index >= 15 is 0 Å². The molecule has 0 aliphatic rings. The van der Waals surface area contributed by atoms with Gasteiger partial charge in [-0.25, -0.2) is 4.98 Å². The Morgan fingerprint density at radius 2 is 1.56 bits per heavy atom. The van der Waals surface area contributed by atoms with Gasteiger partial charge in [-0.2, -0.15) is 5.26 Å². The zero-order chi connectivity index (χ0) is 19.0. The minimum atomic E-state index is -0.265. The quantitative estimate of drug-likeness (QED) is 0.462. The van der Waals surface area contributed by atoms with Crippen LogP contribution in [0.4, 0.5) is 5.82 Å². The highest BCUT2D eigenvalue weighted by molar-refractivity contribution is 5.88. The zero-order valence-corrected chi connectivity index (χ0v) is 14.2. The average Bonchev–Trinajstić information content (AvgIpc) is 2.69. The monoisotopic (exact) mass is 353 g/mol. The van der Waals surface area contributed by atoms with Crippen LogP contribution in [0.2, 0.25) is 0 Å². The number of pyridine rings is 1. The first kappa shape index (κ1) is 16.4. The maximum atomic E-state index is 9.82. The average molecular weight is 353 g/mol. The van der Waals surface area contributed by atoms with Gasteiger partial charge in [0.1, 0.15) is 17.5 Å². The number of nitrogens with two attached hydrogens (primary N) is 1. The van der Waals surface area contributed by atoms with Gasteiger partial charge in [0, 0.05) is 11.1 Å². The van der Waals surface area contributed by atoms with Gasteiger partial charge in [-0.15, -0.1) is 0 Å². The lowest BCUT2D eigenvalue weighted by atomic mass is 9.97. The molecule has 4 N–H and O–H groups in total. The molecular weight excluding hydrogens is 338 g/mol. The summed E-state index contributed by atoms with van der Waals surface area (Å²) in [6, 6.07) is 22.2. The number of nitriles is 1. The van der Waals surface area contributed by atoms with Crippen LogP contribution in [0.5, 0.6) is 11.5 Å². The van der Waals surface area contributed by atoms with Crippen LogP contribution < -0.4 is 5.73 Å². The van der Waals surface area contributed by atoms with Gasteiger partial charge in [0.05, 0.1) is 5.69 Å². The normalized spacial score (nSPS) is 10.6. The maximum absolute atomic E-state index is 9.82. The molecule has 0 radical (unpaired) electrons. The van der Waals surface area contributed by atoms with Gasteiger partial charge in [-0.3, -0.25) is 0 Å². The summed E-state index contributed by atoms with van der Waals surface area (Å²) in [6.07, 6.45) is 0. The third-order valence-electron chi connectivity index (χ3n) is 4.49. The van der Waals surface area contributed by atoms with Crippen LogP contribution >= 0.6 is 0 Å². The van der Waals surface area contributed by atoms with E-state index in [-0.39, 0.29) is 22.9 Å². The minimum Gasteiger partial charge on any atom is -0.504 e. The summed E-state index contributed by atoms with van der Waals surface area (Å²) in [4.78, 5) is 4.39. The molecule has 0 unspecified atom stereocenters. The molecular formula is C22H15N3O2. The Balaban J connectivity index is 1.93. The van der Waals surface area contributed by atoms with Crippen LogP contribution in [0, 0.1) is 11.3 Å². The molecule has 4 aromatic rings. The first-order valence-electron chi connectivity index (χ1n) is 8.29. The van der Waals surface area contributed by atoms with Gasteiger partial charge >= 0.3 is 0 Å². The van der Waals surface area contributed by atoms with Gasteiger partial charge in [0.2, 0.25) is 0 Å². The highest BCUT2D eigenvalue weighted by Gasteiger charge is 2.15. The van der Waals surface area contributed by atoms with E-state index in [1.165, 1.54) is 12.1 Å². The summed E-state index contributed by atoms with van der Waals surface area (Å²) in [7, 11) is 0. The van der Waals surface area contributed by atoms with Crippen molar-refractivity contribution < 1.29 is 10.2 Å². The molecule has 5 nitrogen and oxygen atoms in total. The lowest BCUT2D eigenvalue weighted by Gasteiger charge is -2.11. The molecule has 0 saturated carbocycles. The van der Waals surface area contributed by atoms with E-state index in [2.05, 4.69) is 11.1 Å². The van der Waals surface area contributed by atoms with Crippen molar-refractivity contribution in [2.75, 3.05) is 5.73 Å². The zero-order valence-electron chi connectivity index (χ0n) is 14.2. The first-order valence-corrected chi connectivity index (χ1v) is 8.29. The molecule has 5 heteroatoms. The molecule has 0 aliphatic heterocycles. The third kappa shape index (κ3) is 2.90. The summed E-state index contributed by atoms with van der Waals surface area (Å²) >= 11 is 0. The molecule has 130 valence electrons. The number of fused-ring (bicyclic) bond motifs is 1. The summed E-state index contributed by atoms with van der Waals surface area (Å²) in [5.74, 6) is -0.376.